The van der Waals surface area contributed by atoms with Crippen LogP contribution < -0.4 is 10.8 Å². The van der Waals surface area contributed by atoms with Gasteiger partial charge in [-0.05, 0) is 76.9 Å². The first-order valence-corrected chi connectivity index (χ1v) is 12.3. The summed E-state index contributed by atoms with van der Waals surface area (Å²) in [6.07, 6.45) is 0. The molecule has 0 radical (unpaired) electrons. The zero-order valence-electron chi connectivity index (χ0n) is 20.5. The minimum atomic E-state index is -1.36. The highest BCUT2D eigenvalue weighted by atomic mass is 35.5. The van der Waals surface area contributed by atoms with Crippen LogP contribution in [0.25, 0.3) is 11.1 Å². The molecule has 10 nitrogen and oxygen atoms in total. The minimum Gasteiger partial charge on any atom is -0.508 e. The third-order valence-electron chi connectivity index (χ3n) is 5.82. The molecule has 0 aliphatic rings. The van der Waals surface area contributed by atoms with Gasteiger partial charge in [0, 0.05) is 0 Å². The SMILES string of the molecule is O=C(O)c1cc(O)ccc1C(=O)Nc1ccc(-c2ccc(NOCc3ccc(O)cc3COO)c(Cl)c2)cc1Cl. The molecule has 4 aromatic carbocycles. The van der Waals surface area contributed by atoms with E-state index in [2.05, 4.69) is 15.7 Å². The number of phenolic OH excluding ortho intramolecular Hbond substituents is 2. The van der Waals surface area contributed by atoms with Crippen LogP contribution in [0.2, 0.25) is 10.0 Å². The molecule has 0 aromatic heterocycles. The second-order valence-electron chi connectivity index (χ2n) is 8.50. The summed E-state index contributed by atoms with van der Waals surface area (Å²) in [5.41, 5.74) is 5.69. The number of anilines is 2. The molecule has 0 bridgehead atoms. The topological polar surface area (TPSA) is 158 Å². The normalized spacial score (nSPS) is 10.8. The Hall–Kier alpha value is -4.32. The lowest BCUT2D eigenvalue weighted by atomic mass is 10.0. The predicted octanol–water partition coefficient (Wildman–Crippen LogP) is 6.56. The highest BCUT2D eigenvalue weighted by Crippen LogP contribution is 2.33. The maximum Gasteiger partial charge on any atom is 0.336 e. The Morgan fingerprint density at radius 3 is 1.98 bits per heavy atom. The summed E-state index contributed by atoms with van der Waals surface area (Å²) in [6, 6.07) is 18.1. The van der Waals surface area contributed by atoms with E-state index < -0.39 is 11.9 Å². The van der Waals surface area contributed by atoms with Crippen molar-refractivity contribution in [3.05, 3.63) is 105 Å². The summed E-state index contributed by atoms with van der Waals surface area (Å²) in [5.74, 6) is -2.30. The second-order valence-corrected chi connectivity index (χ2v) is 9.31. The van der Waals surface area contributed by atoms with Gasteiger partial charge in [-0.15, -0.1) is 0 Å². The minimum absolute atomic E-state index is 0.0302. The molecule has 0 fully saturated rings. The summed E-state index contributed by atoms with van der Waals surface area (Å²) in [5, 5.41) is 40.4. The lowest BCUT2D eigenvalue weighted by Crippen LogP contribution is -2.16. The van der Waals surface area contributed by atoms with E-state index in [0.29, 0.717) is 27.4 Å². The molecule has 0 unspecified atom stereocenters. The van der Waals surface area contributed by atoms with Gasteiger partial charge in [0.2, 0.25) is 0 Å². The molecule has 0 aliphatic heterocycles. The van der Waals surface area contributed by atoms with E-state index in [1.807, 2.05) is 0 Å². The lowest BCUT2D eigenvalue weighted by molar-refractivity contribution is -0.253. The van der Waals surface area contributed by atoms with Crippen LogP contribution in [0.1, 0.15) is 31.8 Å². The molecule has 0 heterocycles. The Bertz CT molecular complexity index is 1580. The monoisotopic (exact) mass is 584 g/mol. The van der Waals surface area contributed by atoms with Crippen LogP contribution in [0.5, 0.6) is 11.5 Å². The van der Waals surface area contributed by atoms with E-state index in [0.717, 1.165) is 11.6 Å². The number of phenols is 2. The van der Waals surface area contributed by atoms with E-state index in [1.165, 1.54) is 24.3 Å². The molecular formula is C28H22Cl2N2O8. The van der Waals surface area contributed by atoms with Crippen molar-refractivity contribution in [2.45, 2.75) is 13.2 Å². The number of amides is 1. The van der Waals surface area contributed by atoms with Gasteiger partial charge in [-0.25, -0.2) is 9.68 Å². The van der Waals surface area contributed by atoms with Gasteiger partial charge < -0.3 is 20.6 Å². The summed E-state index contributed by atoms with van der Waals surface area (Å²) in [6.45, 7) is -0.0221. The Labute approximate surface area is 237 Å². The summed E-state index contributed by atoms with van der Waals surface area (Å²) >= 11 is 12.8. The number of halogens is 2. The molecule has 12 heteroatoms. The van der Waals surface area contributed by atoms with Crippen LogP contribution in [0.4, 0.5) is 11.4 Å². The number of benzene rings is 4. The molecule has 0 spiro atoms. The van der Waals surface area contributed by atoms with E-state index >= 15 is 0 Å². The third kappa shape index (κ3) is 6.81. The van der Waals surface area contributed by atoms with E-state index in [9.17, 15) is 24.9 Å². The first-order chi connectivity index (χ1) is 19.2. The fraction of sp³-hybridized carbons (Fsp3) is 0.0714. The number of aromatic carboxylic acids is 1. The summed E-state index contributed by atoms with van der Waals surface area (Å²) < 4.78 is 0. The number of carboxylic acid groups (broad SMARTS) is 1. The predicted molar refractivity (Wildman–Crippen MR) is 149 cm³/mol. The van der Waals surface area contributed by atoms with Crippen molar-refractivity contribution in [1.82, 2.24) is 0 Å². The van der Waals surface area contributed by atoms with Crippen LogP contribution in [0.15, 0.2) is 72.8 Å². The van der Waals surface area contributed by atoms with Crippen LogP contribution in [0, 0.1) is 0 Å². The highest BCUT2D eigenvalue weighted by Gasteiger charge is 2.18. The third-order valence-corrected chi connectivity index (χ3v) is 6.44. The first-order valence-electron chi connectivity index (χ1n) is 11.6. The van der Waals surface area contributed by atoms with Crippen molar-refractivity contribution >= 4 is 46.5 Å². The zero-order chi connectivity index (χ0) is 28.8. The molecule has 40 heavy (non-hydrogen) atoms. The number of aromatic hydroxyl groups is 2. The number of hydrogen-bond donors (Lipinski definition) is 6. The average molecular weight is 585 g/mol. The summed E-state index contributed by atoms with van der Waals surface area (Å²) in [7, 11) is 0. The van der Waals surface area contributed by atoms with E-state index in [1.54, 1.807) is 42.5 Å². The van der Waals surface area contributed by atoms with Crippen LogP contribution in [-0.2, 0) is 22.9 Å². The molecule has 0 saturated carbocycles. The molecule has 6 N–H and O–H groups in total. The highest BCUT2D eigenvalue weighted by molar-refractivity contribution is 6.34. The second kappa shape index (κ2) is 12.7. The van der Waals surface area contributed by atoms with Crippen molar-refractivity contribution in [2.24, 2.45) is 0 Å². The fourth-order valence-electron chi connectivity index (χ4n) is 3.82. The molecular weight excluding hydrogens is 563 g/mol. The number of carbonyl (C=O) groups excluding carboxylic acids is 1. The van der Waals surface area contributed by atoms with Crippen molar-refractivity contribution in [1.29, 1.82) is 0 Å². The number of hydrogen-bond acceptors (Lipinski definition) is 8. The van der Waals surface area contributed by atoms with Crippen molar-refractivity contribution in [3.8, 4) is 22.6 Å². The molecule has 206 valence electrons. The molecule has 4 aromatic rings. The quantitative estimate of drug-likeness (QED) is 0.0896. The van der Waals surface area contributed by atoms with Crippen LogP contribution in [0.3, 0.4) is 0 Å². The van der Waals surface area contributed by atoms with Gasteiger partial charge in [-0.3, -0.25) is 20.4 Å². The van der Waals surface area contributed by atoms with Gasteiger partial charge in [0.15, 0.2) is 0 Å². The van der Waals surface area contributed by atoms with Crippen molar-refractivity contribution < 1.29 is 39.9 Å². The molecule has 0 aliphatic carbocycles. The first kappa shape index (κ1) is 28.7. The van der Waals surface area contributed by atoms with E-state index in [-0.39, 0.29) is 46.5 Å². The summed E-state index contributed by atoms with van der Waals surface area (Å²) in [4.78, 5) is 33.9. The number of carboxylic acids is 1. The van der Waals surface area contributed by atoms with Gasteiger partial charge in [-0.1, -0.05) is 41.4 Å². The van der Waals surface area contributed by atoms with E-state index in [4.69, 9.17) is 33.3 Å². The molecule has 4 rings (SSSR count). The zero-order valence-corrected chi connectivity index (χ0v) is 22.0. The fourth-order valence-corrected chi connectivity index (χ4v) is 4.27. The van der Waals surface area contributed by atoms with Gasteiger partial charge in [-0.2, -0.15) is 0 Å². The number of carbonyl (C=O) groups is 2. The van der Waals surface area contributed by atoms with Gasteiger partial charge in [0.1, 0.15) is 18.1 Å². The Balaban J connectivity index is 1.44. The largest absolute Gasteiger partial charge is 0.508 e. The standard InChI is InChI=1S/C28H22Cl2N2O8/c29-23-10-15(2-7-25(23)31-27(35)21-6-5-20(34)12-22(21)28(36)37)16-3-8-26(24(30)11-16)32-39-13-17-1-4-19(33)9-18(17)14-40-38/h1-12,32-34,38H,13-14H2,(H,31,35)(H,36,37). The van der Waals surface area contributed by atoms with Gasteiger partial charge >= 0.3 is 5.97 Å². The van der Waals surface area contributed by atoms with Gasteiger partial charge in [0.05, 0.1) is 39.2 Å². The maximum absolute atomic E-state index is 12.7. The van der Waals surface area contributed by atoms with Crippen LogP contribution >= 0.6 is 23.2 Å². The van der Waals surface area contributed by atoms with Crippen LogP contribution in [-0.4, -0.2) is 32.5 Å². The smallest absolute Gasteiger partial charge is 0.336 e. The average Bonchev–Trinajstić information content (AvgIpc) is 2.91. The molecule has 0 atom stereocenters. The number of rotatable bonds is 10. The van der Waals surface area contributed by atoms with Crippen molar-refractivity contribution in [3.63, 3.8) is 0 Å². The molecule has 1 amide bonds. The van der Waals surface area contributed by atoms with Gasteiger partial charge in [0.25, 0.3) is 5.91 Å². The van der Waals surface area contributed by atoms with Crippen molar-refractivity contribution in [2.75, 3.05) is 10.8 Å². The number of nitrogens with one attached hydrogen (secondary N) is 2. The Morgan fingerprint density at radius 1 is 0.725 bits per heavy atom. The Morgan fingerprint density at radius 2 is 1.35 bits per heavy atom. The molecule has 0 saturated heterocycles. The maximum atomic E-state index is 12.7. The lowest BCUT2D eigenvalue weighted by Gasteiger charge is -2.13. The Kier molecular flexibility index (Phi) is 9.10.